The minimum atomic E-state index is -1.44. The second-order valence-electron chi connectivity index (χ2n) is 14.9. The van der Waals surface area contributed by atoms with Crippen LogP contribution < -0.4 is 0 Å². The predicted octanol–water partition coefficient (Wildman–Crippen LogP) is 2.97. The highest BCUT2D eigenvalue weighted by molar-refractivity contribution is 6.04. The van der Waals surface area contributed by atoms with E-state index in [9.17, 15) is 19.5 Å². The molecule has 1 amide bonds. The summed E-state index contributed by atoms with van der Waals surface area (Å²) in [4.78, 5) is 46.3. The summed E-state index contributed by atoms with van der Waals surface area (Å²) in [5.41, 5.74) is -2.39. The average Bonchev–Trinajstić information content (AvgIpc) is 2.99. The van der Waals surface area contributed by atoms with Gasteiger partial charge in [-0.1, -0.05) is 20.8 Å². The normalized spacial score (nSPS) is 38.3. The van der Waals surface area contributed by atoms with E-state index in [-0.39, 0.29) is 48.3 Å². The molecule has 1 N–H and O–H groups in total. The molecule has 3 rings (SSSR count). The monoisotopic (exact) mass is 639 g/mol. The molecule has 0 aliphatic carbocycles. The number of hydrogen-bond donors (Lipinski definition) is 1. The third kappa shape index (κ3) is 8.65. The van der Waals surface area contributed by atoms with Crippen LogP contribution >= 0.6 is 0 Å². The van der Waals surface area contributed by atoms with E-state index < -0.39 is 41.4 Å². The number of ether oxygens (including phenoxy) is 4. The van der Waals surface area contributed by atoms with Gasteiger partial charge in [-0.05, 0) is 86.4 Å². The number of likely N-dealkylation sites (N-methyl/N-ethyl adjacent to an activating group) is 2. The van der Waals surface area contributed by atoms with E-state index >= 15 is 0 Å². The third-order valence-electron chi connectivity index (χ3n) is 10.7. The summed E-state index contributed by atoms with van der Waals surface area (Å²) in [5.74, 6) is -1.14. The Morgan fingerprint density at radius 2 is 1.73 bits per heavy atom. The van der Waals surface area contributed by atoms with E-state index in [0.29, 0.717) is 38.9 Å². The van der Waals surface area contributed by atoms with Crippen molar-refractivity contribution in [3.63, 3.8) is 0 Å². The molecule has 0 unspecified atom stereocenters. The van der Waals surface area contributed by atoms with Crippen molar-refractivity contribution in [2.24, 2.45) is 23.2 Å². The first-order valence-electron chi connectivity index (χ1n) is 16.9. The lowest BCUT2D eigenvalue weighted by atomic mass is 9.74. The molecule has 11 heteroatoms. The van der Waals surface area contributed by atoms with E-state index in [2.05, 4.69) is 18.9 Å². The summed E-state index contributed by atoms with van der Waals surface area (Å²) in [6.07, 6.45) is 0.460. The topological polar surface area (TPSA) is 118 Å². The van der Waals surface area contributed by atoms with Gasteiger partial charge < -0.3 is 33.9 Å². The SMILES string of the molecule is CCC(=O)N1CCC([C@@H]2COC(=O)C(C)(C)C(=O)[C@H](C)[C@@H](O[C@@H]3O[C@H](C)C[C@H](N(C)C)[C@H]3O)[C@](C)(OC)C[C@@H](C)CN2C)CC1. The molecule has 3 aliphatic heterocycles. The lowest BCUT2D eigenvalue weighted by molar-refractivity contribution is -0.295. The Morgan fingerprint density at radius 3 is 2.29 bits per heavy atom. The van der Waals surface area contributed by atoms with Crippen molar-refractivity contribution >= 4 is 17.7 Å². The molecule has 0 aromatic heterocycles. The van der Waals surface area contributed by atoms with E-state index in [1.807, 2.05) is 44.7 Å². The van der Waals surface area contributed by atoms with Crippen LogP contribution in [0.1, 0.15) is 80.6 Å². The Morgan fingerprint density at radius 1 is 1.11 bits per heavy atom. The van der Waals surface area contributed by atoms with Crippen molar-refractivity contribution in [2.75, 3.05) is 54.5 Å². The number of methoxy groups -OCH3 is 1. The number of nitrogens with zero attached hydrogens (tertiary/aromatic N) is 3. The van der Waals surface area contributed by atoms with Crippen molar-refractivity contribution < 1.29 is 38.4 Å². The van der Waals surface area contributed by atoms with Gasteiger partial charge in [-0.25, -0.2) is 0 Å². The molecule has 0 aromatic carbocycles. The summed E-state index contributed by atoms with van der Waals surface area (Å²) < 4.78 is 25.0. The zero-order chi connectivity index (χ0) is 33.9. The van der Waals surface area contributed by atoms with E-state index in [4.69, 9.17) is 18.9 Å². The molecular weight excluding hydrogens is 578 g/mol. The molecule has 0 bridgehead atoms. The fourth-order valence-corrected chi connectivity index (χ4v) is 7.82. The van der Waals surface area contributed by atoms with Crippen LogP contribution in [-0.2, 0) is 33.3 Å². The van der Waals surface area contributed by atoms with Crippen molar-refractivity contribution in [1.82, 2.24) is 14.7 Å². The van der Waals surface area contributed by atoms with Crippen molar-refractivity contribution in [1.29, 1.82) is 0 Å². The number of amides is 1. The molecule has 9 atom stereocenters. The molecule has 260 valence electrons. The first-order valence-corrected chi connectivity index (χ1v) is 16.9. The summed E-state index contributed by atoms with van der Waals surface area (Å²) in [5, 5.41) is 11.3. The van der Waals surface area contributed by atoms with Crippen LogP contribution in [-0.4, -0.2) is 134 Å². The van der Waals surface area contributed by atoms with Gasteiger partial charge in [0.05, 0.1) is 17.8 Å². The van der Waals surface area contributed by atoms with Gasteiger partial charge in [0.15, 0.2) is 12.1 Å². The number of carbonyl (C=O) groups is 3. The van der Waals surface area contributed by atoms with E-state index in [1.165, 1.54) is 0 Å². The highest BCUT2D eigenvalue weighted by atomic mass is 16.7. The fourth-order valence-electron chi connectivity index (χ4n) is 7.82. The van der Waals surface area contributed by atoms with Gasteiger partial charge in [0.1, 0.15) is 18.1 Å². The zero-order valence-electron chi connectivity index (χ0n) is 29.7. The van der Waals surface area contributed by atoms with Crippen LogP contribution in [0.25, 0.3) is 0 Å². The van der Waals surface area contributed by atoms with Gasteiger partial charge in [-0.2, -0.15) is 0 Å². The van der Waals surface area contributed by atoms with Gasteiger partial charge in [-0.15, -0.1) is 0 Å². The molecule has 0 spiro atoms. The molecule has 45 heavy (non-hydrogen) atoms. The Balaban J connectivity index is 1.95. The summed E-state index contributed by atoms with van der Waals surface area (Å²) >= 11 is 0. The maximum atomic E-state index is 14.2. The summed E-state index contributed by atoms with van der Waals surface area (Å²) in [7, 11) is 7.52. The van der Waals surface area contributed by atoms with E-state index in [0.717, 1.165) is 12.8 Å². The van der Waals surface area contributed by atoms with Gasteiger partial charge >= 0.3 is 5.97 Å². The molecule has 0 aromatic rings. The number of aliphatic hydroxyl groups excluding tert-OH is 1. The fraction of sp³-hybridized carbons (Fsp3) is 0.912. The number of piperidine rings is 1. The van der Waals surface area contributed by atoms with Gasteiger partial charge in [-0.3, -0.25) is 19.3 Å². The number of esters is 1. The van der Waals surface area contributed by atoms with Crippen LogP contribution in [0.5, 0.6) is 0 Å². The summed E-state index contributed by atoms with van der Waals surface area (Å²) in [6.45, 7) is 15.2. The smallest absolute Gasteiger partial charge is 0.319 e. The lowest BCUT2D eigenvalue weighted by Gasteiger charge is -2.47. The number of ketones is 1. The maximum absolute atomic E-state index is 14.2. The van der Waals surface area contributed by atoms with Crippen LogP contribution in [0.4, 0.5) is 0 Å². The average molecular weight is 640 g/mol. The van der Waals surface area contributed by atoms with Crippen LogP contribution in [0.2, 0.25) is 0 Å². The number of hydrogen-bond acceptors (Lipinski definition) is 10. The number of aliphatic hydroxyl groups is 1. The maximum Gasteiger partial charge on any atom is 0.319 e. The van der Waals surface area contributed by atoms with E-state index in [1.54, 1.807) is 27.9 Å². The minimum absolute atomic E-state index is 0.0598. The number of likely N-dealkylation sites (tertiary alicyclic amines) is 1. The second-order valence-corrected chi connectivity index (χ2v) is 14.9. The predicted molar refractivity (Wildman–Crippen MR) is 171 cm³/mol. The Kier molecular flexibility index (Phi) is 13.0. The molecule has 3 aliphatic rings. The second kappa shape index (κ2) is 15.5. The van der Waals surface area contributed by atoms with Gasteiger partial charge in [0.25, 0.3) is 0 Å². The number of carbonyl (C=O) groups excluding carboxylic acids is 3. The Hall–Kier alpha value is -1.63. The highest BCUT2D eigenvalue weighted by Gasteiger charge is 2.51. The quantitative estimate of drug-likeness (QED) is 0.343. The van der Waals surface area contributed by atoms with Crippen molar-refractivity contribution in [2.45, 2.75) is 123 Å². The van der Waals surface area contributed by atoms with Crippen LogP contribution in [0, 0.1) is 23.2 Å². The molecule has 0 saturated carbocycles. The van der Waals surface area contributed by atoms with Gasteiger partial charge in [0, 0.05) is 51.2 Å². The van der Waals surface area contributed by atoms with Crippen LogP contribution in [0.3, 0.4) is 0 Å². The first-order chi connectivity index (χ1) is 21.0. The first kappa shape index (κ1) is 37.8. The minimum Gasteiger partial charge on any atom is -0.463 e. The number of rotatable bonds is 6. The van der Waals surface area contributed by atoms with Gasteiger partial charge in [0.2, 0.25) is 5.91 Å². The van der Waals surface area contributed by atoms with Crippen molar-refractivity contribution in [3.8, 4) is 0 Å². The Bertz CT molecular complexity index is 1020. The zero-order valence-corrected chi connectivity index (χ0v) is 29.7. The molecule has 3 heterocycles. The molecule has 11 nitrogen and oxygen atoms in total. The molecule has 3 fully saturated rings. The standard InChI is InChI=1S/C34H61N3O8/c1-12-27(38)37-15-13-24(14-16-37)26-20-43-32(41)33(5,6)29(40)23(4)30(34(7,42-11)18-21(2)19-36(26)10)45-31-28(39)25(35(8)9)17-22(3)44-31/h21-26,28,30-31,39H,12-20H2,1-11H3/t21-,22-,23+,25+,26+,28-,30-,31+,34-/m1/s1. The molecule has 3 saturated heterocycles. The summed E-state index contributed by atoms with van der Waals surface area (Å²) in [6, 6.07) is -0.244. The lowest BCUT2D eigenvalue weighted by Crippen LogP contribution is -2.59. The number of Topliss-reactive ketones (excluding diaryl/α,β-unsaturated/α-hetero) is 1. The Labute approximate surface area is 271 Å². The highest BCUT2D eigenvalue weighted by Crippen LogP contribution is 2.38. The van der Waals surface area contributed by atoms with Crippen molar-refractivity contribution in [3.05, 3.63) is 0 Å². The molecular formula is C34H61N3O8. The number of cyclic esters (lactones) is 1. The third-order valence-corrected chi connectivity index (χ3v) is 10.7. The molecule has 0 radical (unpaired) electrons. The van der Waals surface area contributed by atoms with Crippen LogP contribution in [0.15, 0.2) is 0 Å². The largest absolute Gasteiger partial charge is 0.463 e.